The molecule has 1 amide bonds. The van der Waals surface area contributed by atoms with E-state index >= 15 is 0 Å². The topological polar surface area (TPSA) is 75.9 Å². The van der Waals surface area contributed by atoms with E-state index in [0.717, 1.165) is 30.0 Å². The number of halogens is 1. The van der Waals surface area contributed by atoms with Gasteiger partial charge in [0.05, 0.1) is 17.1 Å². The highest BCUT2D eigenvalue weighted by Gasteiger charge is 2.23. The third kappa shape index (κ3) is 3.49. The standard InChI is InChI=1S/C17H17FN6OS/c1-23-6-5-13(9-23)24-10-14(21-22-24)16(25)20-17-19-8-15(26-17)11-3-2-4-12(18)7-11/h2-4,7-8,10,13H,5-6,9H2,1H3,(H,19,20,25). The number of carbonyl (C=O) groups is 1. The van der Waals surface area contributed by atoms with Crippen molar-refractivity contribution in [2.75, 3.05) is 25.5 Å². The largest absolute Gasteiger partial charge is 0.304 e. The van der Waals surface area contributed by atoms with Crippen molar-refractivity contribution in [3.63, 3.8) is 0 Å². The number of hydrogen-bond donors (Lipinski definition) is 1. The number of thiazole rings is 1. The summed E-state index contributed by atoms with van der Waals surface area (Å²) in [5.41, 5.74) is 0.973. The lowest BCUT2D eigenvalue weighted by molar-refractivity contribution is 0.102. The van der Waals surface area contributed by atoms with Crippen LogP contribution in [0, 0.1) is 5.82 Å². The molecule has 0 bridgehead atoms. The molecule has 1 aliphatic rings. The van der Waals surface area contributed by atoms with E-state index in [0.29, 0.717) is 5.13 Å². The van der Waals surface area contributed by atoms with Crippen molar-refractivity contribution in [1.29, 1.82) is 0 Å². The van der Waals surface area contributed by atoms with Crippen LogP contribution in [0.3, 0.4) is 0 Å². The molecule has 4 rings (SSSR count). The Morgan fingerprint density at radius 2 is 2.31 bits per heavy atom. The zero-order valence-electron chi connectivity index (χ0n) is 14.1. The molecule has 3 heterocycles. The first kappa shape index (κ1) is 16.8. The molecule has 1 unspecified atom stereocenters. The van der Waals surface area contributed by atoms with E-state index in [2.05, 4.69) is 32.6 Å². The molecule has 26 heavy (non-hydrogen) atoms. The molecule has 1 atom stereocenters. The molecule has 0 spiro atoms. The number of benzene rings is 1. The molecule has 1 aromatic carbocycles. The van der Waals surface area contributed by atoms with Crippen LogP contribution >= 0.6 is 11.3 Å². The van der Waals surface area contributed by atoms with Gasteiger partial charge in [-0.05, 0) is 37.7 Å². The lowest BCUT2D eigenvalue weighted by Crippen LogP contribution is -2.16. The number of likely N-dealkylation sites (tertiary alicyclic amines) is 1. The van der Waals surface area contributed by atoms with E-state index in [-0.39, 0.29) is 23.5 Å². The minimum atomic E-state index is -0.359. The van der Waals surface area contributed by atoms with Gasteiger partial charge in [0, 0.05) is 12.7 Å². The zero-order chi connectivity index (χ0) is 18.1. The summed E-state index contributed by atoms with van der Waals surface area (Å²) in [5, 5.41) is 11.2. The summed E-state index contributed by atoms with van der Waals surface area (Å²) >= 11 is 1.28. The lowest BCUT2D eigenvalue weighted by Gasteiger charge is -2.09. The van der Waals surface area contributed by atoms with Gasteiger partial charge in [0.2, 0.25) is 0 Å². The monoisotopic (exact) mass is 372 g/mol. The fraction of sp³-hybridized carbons (Fsp3) is 0.294. The first-order chi connectivity index (χ1) is 12.6. The molecule has 1 aliphatic heterocycles. The maximum Gasteiger partial charge on any atom is 0.279 e. The van der Waals surface area contributed by atoms with Crippen molar-refractivity contribution in [2.24, 2.45) is 0 Å². The van der Waals surface area contributed by atoms with Crippen molar-refractivity contribution in [3.05, 3.63) is 48.2 Å². The van der Waals surface area contributed by atoms with E-state index in [1.165, 1.54) is 23.5 Å². The molecule has 3 aromatic rings. The van der Waals surface area contributed by atoms with Crippen LogP contribution in [-0.2, 0) is 0 Å². The third-order valence-corrected chi connectivity index (χ3v) is 5.28. The predicted octanol–water partition coefficient (Wildman–Crippen LogP) is 2.67. The zero-order valence-corrected chi connectivity index (χ0v) is 14.9. The van der Waals surface area contributed by atoms with Gasteiger partial charge in [-0.3, -0.25) is 10.1 Å². The Bertz CT molecular complexity index is 939. The van der Waals surface area contributed by atoms with Crippen LogP contribution in [0.4, 0.5) is 9.52 Å². The Morgan fingerprint density at radius 1 is 1.42 bits per heavy atom. The summed E-state index contributed by atoms with van der Waals surface area (Å²) < 4.78 is 15.1. The van der Waals surface area contributed by atoms with Crippen LogP contribution in [0.15, 0.2) is 36.7 Å². The minimum absolute atomic E-state index is 0.244. The van der Waals surface area contributed by atoms with Crippen molar-refractivity contribution in [2.45, 2.75) is 12.5 Å². The number of anilines is 1. The van der Waals surface area contributed by atoms with Crippen molar-refractivity contribution >= 4 is 22.4 Å². The van der Waals surface area contributed by atoms with E-state index in [1.54, 1.807) is 29.2 Å². The highest BCUT2D eigenvalue weighted by Crippen LogP contribution is 2.29. The third-order valence-electron chi connectivity index (χ3n) is 4.32. The molecule has 1 saturated heterocycles. The first-order valence-corrected chi connectivity index (χ1v) is 9.03. The van der Waals surface area contributed by atoms with E-state index < -0.39 is 0 Å². The lowest BCUT2D eigenvalue weighted by atomic mass is 10.2. The fourth-order valence-corrected chi connectivity index (χ4v) is 3.76. The molecule has 9 heteroatoms. The number of nitrogens with zero attached hydrogens (tertiary/aromatic N) is 5. The number of hydrogen-bond acceptors (Lipinski definition) is 6. The molecule has 7 nitrogen and oxygen atoms in total. The normalized spacial score (nSPS) is 17.5. The van der Waals surface area contributed by atoms with Crippen LogP contribution < -0.4 is 5.32 Å². The van der Waals surface area contributed by atoms with Gasteiger partial charge in [-0.2, -0.15) is 0 Å². The molecule has 134 valence electrons. The van der Waals surface area contributed by atoms with Crippen molar-refractivity contribution in [3.8, 4) is 10.4 Å². The van der Waals surface area contributed by atoms with Crippen LogP contribution in [-0.4, -0.2) is 50.9 Å². The second kappa shape index (κ2) is 6.93. The molecular weight excluding hydrogens is 355 g/mol. The Hall–Kier alpha value is -2.65. The Labute approximate surface area is 153 Å². The number of carbonyl (C=O) groups excluding carboxylic acids is 1. The van der Waals surface area contributed by atoms with Gasteiger partial charge in [-0.1, -0.05) is 28.7 Å². The van der Waals surface area contributed by atoms with Crippen molar-refractivity contribution < 1.29 is 9.18 Å². The van der Waals surface area contributed by atoms with Gasteiger partial charge in [-0.15, -0.1) is 5.10 Å². The molecular formula is C17H17FN6OS. The molecule has 0 saturated carbocycles. The average Bonchev–Trinajstić information content (AvgIpc) is 3.34. The van der Waals surface area contributed by atoms with E-state index in [4.69, 9.17) is 0 Å². The SMILES string of the molecule is CN1CCC(n2cc(C(=O)Nc3ncc(-c4cccc(F)c4)s3)nn2)C1. The van der Waals surface area contributed by atoms with Crippen LogP contribution in [0.1, 0.15) is 23.0 Å². The number of likely N-dealkylation sites (N-methyl/N-ethyl adjacent to an activating group) is 1. The molecule has 1 fully saturated rings. The van der Waals surface area contributed by atoms with Crippen LogP contribution in [0.5, 0.6) is 0 Å². The van der Waals surface area contributed by atoms with Gasteiger partial charge < -0.3 is 4.90 Å². The van der Waals surface area contributed by atoms with Crippen LogP contribution in [0.25, 0.3) is 10.4 Å². The average molecular weight is 372 g/mol. The minimum Gasteiger partial charge on any atom is -0.304 e. The maximum atomic E-state index is 13.3. The number of rotatable bonds is 4. The molecule has 0 aliphatic carbocycles. The van der Waals surface area contributed by atoms with E-state index in [9.17, 15) is 9.18 Å². The number of nitrogens with one attached hydrogen (secondary N) is 1. The molecule has 0 radical (unpaired) electrons. The van der Waals surface area contributed by atoms with Gasteiger partial charge >= 0.3 is 0 Å². The smallest absolute Gasteiger partial charge is 0.279 e. The Kier molecular flexibility index (Phi) is 4.48. The second-order valence-electron chi connectivity index (χ2n) is 6.28. The number of aromatic nitrogens is 4. The summed E-state index contributed by atoms with van der Waals surface area (Å²) in [6, 6.07) is 6.50. The summed E-state index contributed by atoms with van der Waals surface area (Å²) in [5.74, 6) is -0.668. The summed E-state index contributed by atoms with van der Waals surface area (Å²) in [4.78, 5) is 19.6. The van der Waals surface area contributed by atoms with E-state index in [1.807, 2.05) is 0 Å². The van der Waals surface area contributed by atoms with Gasteiger partial charge in [-0.25, -0.2) is 14.1 Å². The summed E-state index contributed by atoms with van der Waals surface area (Å²) in [7, 11) is 2.06. The summed E-state index contributed by atoms with van der Waals surface area (Å²) in [6.07, 6.45) is 4.27. The van der Waals surface area contributed by atoms with Crippen LogP contribution in [0.2, 0.25) is 0 Å². The Balaban J connectivity index is 1.45. The number of amides is 1. The quantitative estimate of drug-likeness (QED) is 0.762. The highest BCUT2D eigenvalue weighted by molar-refractivity contribution is 7.19. The Morgan fingerprint density at radius 3 is 3.08 bits per heavy atom. The predicted molar refractivity (Wildman–Crippen MR) is 96.6 cm³/mol. The summed E-state index contributed by atoms with van der Waals surface area (Å²) in [6.45, 7) is 1.90. The van der Waals surface area contributed by atoms with Gasteiger partial charge in [0.1, 0.15) is 5.82 Å². The van der Waals surface area contributed by atoms with Gasteiger partial charge in [0.15, 0.2) is 10.8 Å². The highest BCUT2D eigenvalue weighted by atomic mass is 32.1. The van der Waals surface area contributed by atoms with Gasteiger partial charge in [0.25, 0.3) is 5.91 Å². The maximum absolute atomic E-state index is 13.3. The second-order valence-corrected chi connectivity index (χ2v) is 7.31. The first-order valence-electron chi connectivity index (χ1n) is 8.22. The molecule has 1 N–H and O–H groups in total. The molecule has 2 aromatic heterocycles. The fourth-order valence-electron chi connectivity index (χ4n) is 2.96. The van der Waals surface area contributed by atoms with Crippen molar-refractivity contribution in [1.82, 2.24) is 24.9 Å².